The Bertz CT molecular complexity index is 655. The lowest BCUT2D eigenvalue weighted by Gasteiger charge is -2.01. The fourth-order valence-corrected chi connectivity index (χ4v) is 2.26. The van der Waals surface area contributed by atoms with Crippen LogP contribution in [0.1, 0.15) is 19.0 Å². The molecular formula is C12H16N7+. The van der Waals surface area contributed by atoms with Gasteiger partial charge in [0.25, 0.3) is 0 Å². The van der Waals surface area contributed by atoms with E-state index in [4.69, 9.17) is 0 Å². The van der Waals surface area contributed by atoms with Crippen LogP contribution in [0.4, 0.5) is 5.82 Å². The standard InChI is InChI=1S/C12H15N7/c1-8-15-10(18-17-8)4-3-9-12(13-2)19-7-14-6-5-11(19)16-9/h5-7,10,13H,3-4H2,1-2H3/p+1. The van der Waals surface area contributed by atoms with Crippen molar-refractivity contribution in [3.63, 3.8) is 0 Å². The number of nitrogens with two attached hydrogens (primary N) is 1. The molecule has 7 nitrogen and oxygen atoms in total. The number of nitrogens with zero attached hydrogens (tertiary/aromatic N) is 6. The number of rotatable bonds is 4. The van der Waals surface area contributed by atoms with Crippen LogP contribution in [0.5, 0.6) is 0 Å². The number of aromatic nitrogens is 3. The highest BCUT2D eigenvalue weighted by Crippen LogP contribution is 2.18. The molecule has 1 aliphatic rings. The Labute approximate surface area is 110 Å². The maximum Gasteiger partial charge on any atom is 0.233 e. The van der Waals surface area contributed by atoms with E-state index in [0.717, 1.165) is 35.8 Å². The van der Waals surface area contributed by atoms with Gasteiger partial charge in [0.1, 0.15) is 23.5 Å². The van der Waals surface area contributed by atoms with Crippen molar-refractivity contribution < 1.29 is 5.32 Å². The van der Waals surface area contributed by atoms with Gasteiger partial charge in [0, 0.05) is 12.6 Å². The number of aryl methyl sites for hydroxylation is 1. The molecule has 2 aromatic rings. The largest absolute Gasteiger partial charge is 0.299 e. The van der Waals surface area contributed by atoms with Gasteiger partial charge in [-0.2, -0.15) is 5.11 Å². The minimum Gasteiger partial charge on any atom is -0.299 e. The van der Waals surface area contributed by atoms with E-state index in [2.05, 4.69) is 30.5 Å². The molecule has 0 fully saturated rings. The van der Waals surface area contributed by atoms with Crippen LogP contribution < -0.4 is 5.32 Å². The highest BCUT2D eigenvalue weighted by molar-refractivity contribution is 5.80. The van der Waals surface area contributed by atoms with Crippen LogP contribution >= 0.6 is 0 Å². The molecule has 2 aromatic heterocycles. The molecule has 0 amide bonds. The second-order valence-corrected chi connectivity index (χ2v) is 4.45. The molecular weight excluding hydrogens is 242 g/mol. The Morgan fingerprint density at radius 1 is 1.42 bits per heavy atom. The minimum absolute atomic E-state index is 0.0485. The van der Waals surface area contributed by atoms with Gasteiger partial charge >= 0.3 is 0 Å². The zero-order valence-electron chi connectivity index (χ0n) is 11.0. The van der Waals surface area contributed by atoms with E-state index in [1.807, 2.05) is 24.4 Å². The first-order valence-corrected chi connectivity index (χ1v) is 6.33. The molecule has 0 bridgehead atoms. The summed E-state index contributed by atoms with van der Waals surface area (Å²) in [5.74, 6) is 1.85. The van der Waals surface area contributed by atoms with Gasteiger partial charge in [0.05, 0.1) is 7.05 Å². The minimum atomic E-state index is -0.0485. The molecule has 7 heteroatoms. The van der Waals surface area contributed by atoms with E-state index < -0.39 is 0 Å². The van der Waals surface area contributed by atoms with Gasteiger partial charge in [-0.15, -0.1) is 5.11 Å². The Morgan fingerprint density at radius 2 is 2.32 bits per heavy atom. The van der Waals surface area contributed by atoms with Crippen LogP contribution in [0.3, 0.4) is 0 Å². The van der Waals surface area contributed by atoms with E-state index in [9.17, 15) is 0 Å². The van der Waals surface area contributed by atoms with E-state index in [1.165, 1.54) is 0 Å². The molecule has 2 N–H and O–H groups in total. The lowest BCUT2D eigenvalue weighted by atomic mass is 10.2. The smallest absolute Gasteiger partial charge is 0.233 e. The Kier molecular flexibility index (Phi) is 3.04. The summed E-state index contributed by atoms with van der Waals surface area (Å²) in [6.07, 6.45) is 5.16. The lowest BCUT2D eigenvalue weighted by Crippen LogP contribution is -2.74. The fourth-order valence-electron chi connectivity index (χ4n) is 2.26. The van der Waals surface area contributed by atoms with Crippen molar-refractivity contribution >= 4 is 17.3 Å². The predicted molar refractivity (Wildman–Crippen MR) is 70.6 cm³/mol. The van der Waals surface area contributed by atoms with Gasteiger partial charge in [0.15, 0.2) is 6.17 Å². The van der Waals surface area contributed by atoms with Crippen LogP contribution in [0.15, 0.2) is 33.8 Å². The lowest BCUT2D eigenvalue weighted by molar-refractivity contribution is -0.544. The third-order valence-corrected chi connectivity index (χ3v) is 3.13. The zero-order chi connectivity index (χ0) is 13.2. The summed E-state index contributed by atoms with van der Waals surface area (Å²) in [6, 6.07) is 1.91. The number of azo groups is 1. The van der Waals surface area contributed by atoms with Crippen molar-refractivity contribution in [2.45, 2.75) is 25.9 Å². The summed E-state index contributed by atoms with van der Waals surface area (Å²) >= 11 is 0. The Morgan fingerprint density at radius 3 is 3.05 bits per heavy atom. The number of aliphatic imine (C=N–C) groups is 1. The van der Waals surface area contributed by atoms with Crippen molar-refractivity contribution in [2.24, 2.45) is 15.2 Å². The number of amidine groups is 1. The van der Waals surface area contributed by atoms with E-state index >= 15 is 0 Å². The number of hydrogen-bond donors (Lipinski definition) is 1. The maximum atomic E-state index is 4.63. The highest BCUT2D eigenvalue weighted by atomic mass is 15.3. The molecule has 0 spiro atoms. The van der Waals surface area contributed by atoms with E-state index in [1.54, 1.807) is 12.5 Å². The highest BCUT2D eigenvalue weighted by Gasteiger charge is 2.17. The molecule has 1 aliphatic heterocycles. The fraction of sp³-hybridized carbons (Fsp3) is 0.417. The van der Waals surface area contributed by atoms with Gasteiger partial charge < -0.3 is 0 Å². The van der Waals surface area contributed by atoms with Gasteiger partial charge in [-0.25, -0.2) is 19.4 Å². The van der Waals surface area contributed by atoms with Gasteiger partial charge in [-0.3, -0.25) is 5.32 Å². The molecule has 0 radical (unpaired) electrons. The summed E-state index contributed by atoms with van der Waals surface area (Å²) in [4.78, 5) is 13.1. The number of hydrogen-bond acceptors (Lipinski definition) is 5. The molecule has 1 atom stereocenters. The van der Waals surface area contributed by atoms with Gasteiger partial charge in [-0.05, 0) is 19.4 Å². The van der Waals surface area contributed by atoms with Crippen molar-refractivity contribution in [2.75, 3.05) is 7.05 Å². The normalized spacial score (nSPS) is 18.2. The second kappa shape index (κ2) is 4.85. The van der Waals surface area contributed by atoms with E-state index in [0.29, 0.717) is 0 Å². The number of imidazole rings is 1. The monoisotopic (exact) mass is 258 g/mol. The third kappa shape index (κ3) is 2.24. The first kappa shape index (κ1) is 11.9. The van der Waals surface area contributed by atoms with Crippen LogP contribution in [0.25, 0.3) is 5.65 Å². The summed E-state index contributed by atoms with van der Waals surface area (Å²) in [5, 5.41) is 10.1. The van der Waals surface area contributed by atoms with Crippen LogP contribution in [0.2, 0.25) is 0 Å². The molecule has 0 saturated carbocycles. The first-order chi connectivity index (χ1) is 9.28. The van der Waals surface area contributed by atoms with Crippen LogP contribution in [-0.2, 0) is 6.42 Å². The summed E-state index contributed by atoms with van der Waals surface area (Å²) in [7, 11) is 2.01. The van der Waals surface area contributed by atoms with Gasteiger partial charge in [0.2, 0.25) is 5.82 Å². The van der Waals surface area contributed by atoms with Crippen molar-refractivity contribution in [1.82, 2.24) is 14.4 Å². The molecule has 0 aromatic carbocycles. The third-order valence-electron chi connectivity index (χ3n) is 3.13. The predicted octanol–water partition coefficient (Wildman–Crippen LogP) is 0.697. The average molecular weight is 258 g/mol. The molecule has 3 heterocycles. The SMILES string of the molecule is C[NH2+]c1c(CCC2N=NC(C)=N2)nc2ccncn12. The zero-order valence-corrected chi connectivity index (χ0v) is 11.0. The average Bonchev–Trinajstić information content (AvgIpc) is 2.99. The Hall–Kier alpha value is -2.15. The van der Waals surface area contributed by atoms with E-state index in [-0.39, 0.29) is 6.17 Å². The molecule has 3 rings (SSSR count). The summed E-state index contributed by atoms with van der Waals surface area (Å²) < 4.78 is 2.00. The molecule has 0 saturated heterocycles. The van der Waals surface area contributed by atoms with Gasteiger partial charge in [-0.1, -0.05) is 0 Å². The number of quaternary nitrogens is 1. The van der Waals surface area contributed by atoms with Crippen molar-refractivity contribution in [3.8, 4) is 0 Å². The quantitative estimate of drug-likeness (QED) is 0.875. The van der Waals surface area contributed by atoms with Crippen molar-refractivity contribution in [1.29, 1.82) is 0 Å². The van der Waals surface area contributed by atoms with Crippen molar-refractivity contribution in [3.05, 3.63) is 24.3 Å². The topological polar surface area (TPSA) is 83.9 Å². The Balaban J connectivity index is 1.82. The molecule has 0 aliphatic carbocycles. The van der Waals surface area contributed by atoms with Crippen LogP contribution in [-0.4, -0.2) is 33.4 Å². The summed E-state index contributed by atoms with van der Waals surface area (Å²) in [6.45, 7) is 1.87. The maximum absolute atomic E-state index is 4.63. The second-order valence-electron chi connectivity index (χ2n) is 4.45. The summed E-state index contributed by atoms with van der Waals surface area (Å²) in [5.41, 5.74) is 1.98. The molecule has 1 unspecified atom stereocenters. The molecule has 19 heavy (non-hydrogen) atoms. The first-order valence-electron chi connectivity index (χ1n) is 6.33. The number of fused-ring (bicyclic) bond motifs is 1. The molecule has 98 valence electrons. The van der Waals surface area contributed by atoms with Crippen LogP contribution in [0, 0.1) is 0 Å².